The zero-order valence-electron chi connectivity index (χ0n) is 18.9. The van der Waals surface area contributed by atoms with Crippen LogP contribution in [0, 0.1) is 6.92 Å². The molecule has 0 spiro atoms. The Hall–Kier alpha value is -3.87. The van der Waals surface area contributed by atoms with E-state index in [2.05, 4.69) is 56.8 Å². The van der Waals surface area contributed by atoms with Crippen LogP contribution in [0.2, 0.25) is 0 Å². The standard InChI is InChI=1S/C26H27N5O2/c1-18(23-9-5-7-20-6-3-4-8-24(20)23)27-26(32)31-16-14-30(15-17-31)22-12-10-21(11-13-22)25-28-19(2)33-29-25/h3-13,18H,14-17H2,1-2H3,(H,27,32)/t18-/m0/s1. The number of carbonyl (C=O) groups excluding carboxylic acids is 1. The van der Waals surface area contributed by atoms with Gasteiger partial charge in [0.1, 0.15) is 0 Å². The summed E-state index contributed by atoms with van der Waals surface area (Å²) in [5.41, 5.74) is 3.19. The largest absolute Gasteiger partial charge is 0.368 e. The van der Waals surface area contributed by atoms with E-state index in [1.54, 1.807) is 6.92 Å². The number of rotatable bonds is 4. The van der Waals surface area contributed by atoms with Crippen molar-refractivity contribution in [1.82, 2.24) is 20.4 Å². The lowest BCUT2D eigenvalue weighted by Gasteiger charge is -2.36. The molecule has 0 bridgehead atoms. The summed E-state index contributed by atoms with van der Waals surface area (Å²) in [4.78, 5) is 21.4. The fraction of sp³-hybridized carbons (Fsp3) is 0.269. The smallest absolute Gasteiger partial charge is 0.317 e. The van der Waals surface area contributed by atoms with E-state index < -0.39 is 0 Å². The van der Waals surface area contributed by atoms with Gasteiger partial charge in [0.15, 0.2) is 0 Å². The molecular weight excluding hydrogens is 414 g/mol. The van der Waals surface area contributed by atoms with E-state index in [0.717, 1.165) is 29.9 Å². The molecule has 1 N–H and O–H groups in total. The Morgan fingerprint density at radius 2 is 1.70 bits per heavy atom. The number of nitrogens with zero attached hydrogens (tertiary/aromatic N) is 4. The van der Waals surface area contributed by atoms with Gasteiger partial charge in [-0.25, -0.2) is 4.79 Å². The van der Waals surface area contributed by atoms with Gasteiger partial charge in [0, 0.05) is 44.4 Å². The summed E-state index contributed by atoms with van der Waals surface area (Å²) >= 11 is 0. The number of aryl methyl sites for hydroxylation is 1. The van der Waals surface area contributed by atoms with Gasteiger partial charge in [0.2, 0.25) is 11.7 Å². The van der Waals surface area contributed by atoms with Crippen LogP contribution in [0.25, 0.3) is 22.2 Å². The van der Waals surface area contributed by atoms with Gasteiger partial charge in [-0.15, -0.1) is 0 Å². The Morgan fingerprint density at radius 1 is 0.970 bits per heavy atom. The van der Waals surface area contributed by atoms with E-state index in [1.807, 2.05) is 42.2 Å². The molecule has 0 saturated carbocycles. The Kier molecular flexibility index (Phi) is 5.69. The number of benzene rings is 3. The Bertz CT molecular complexity index is 1250. The molecule has 1 atom stereocenters. The van der Waals surface area contributed by atoms with Gasteiger partial charge in [0.05, 0.1) is 6.04 Å². The second kappa shape index (κ2) is 8.94. The lowest BCUT2D eigenvalue weighted by molar-refractivity contribution is 0.191. The van der Waals surface area contributed by atoms with Crippen molar-refractivity contribution >= 4 is 22.5 Å². The molecule has 33 heavy (non-hydrogen) atoms. The van der Waals surface area contributed by atoms with Crippen molar-refractivity contribution in [3.05, 3.63) is 78.2 Å². The number of aromatic nitrogens is 2. The number of nitrogens with one attached hydrogen (secondary N) is 1. The average Bonchev–Trinajstić information content (AvgIpc) is 3.30. The fourth-order valence-electron chi connectivity index (χ4n) is 4.39. The predicted octanol–water partition coefficient (Wildman–Crippen LogP) is 4.79. The summed E-state index contributed by atoms with van der Waals surface area (Å²) in [5.74, 6) is 1.15. The van der Waals surface area contributed by atoms with Crippen molar-refractivity contribution in [2.24, 2.45) is 0 Å². The molecule has 3 aromatic carbocycles. The van der Waals surface area contributed by atoms with Gasteiger partial charge in [-0.1, -0.05) is 47.6 Å². The predicted molar refractivity (Wildman–Crippen MR) is 129 cm³/mol. The van der Waals surface area contributed by atoms with E-state index in [1.165, 1.54) is 10.8 Å². The van der Waals surface area contributed by atoms with Crippen LogP contribution in [0.4, 0.5) is 10.5 Å². The summed E-state index contributed by atoms with van der Waals surface area (Å²) in [6, 6.07) is 22.6. The number of urea groups is 1. The highest BCUT2D eigenvalue weighted by atomic mass is 16.5. The fourth-order valence-corrected chi connectivity index (χ4v) is 4.39. The first-order chi connectivity index (χ1) is 16.1. The minimum absolute atomic E-state index is 0.0158. The van der Waals surface area contributed by atoms with Crippen LogP contribution in [-0.4, -0.2) is 47.3 Å². The molecule has 2 heterocycles. The summed E-state index contributed by atoms with van der Waals surface area (Å²) in [6.45, 7) is 6.76. The molecule has 7 heteroatoms. The summed E-state index contributed by atoms with van der Waals surface area (Å²) in [7, 11) is 0. The normalized spacial score (nSPS) is 15.0. The van der Waals surface area contributed by atoms with Gasteiger partial charge in [-0.05, 0) is 47.5 Å². The highest BCUT2D eigenvalue weighted by molar-refractivity contribution is 5.86. The maximum atomic E-state index is 12.9. The Balaban J connectivity index is 1.19. The van der Waals surface area contributed by atoms with Gasteiger partial charge >= 0.3 is 6.03 Å². The number of amides is 2. The van der Waals surface area contributed by atoms with E-state index >= 15 is 0 Å². The van der Waals surface area contributed by atoms with Crippen LogP contribution in [-0.2, 0) is 0 Å². The lowest BCUT2D eigenvalue weighted by Crippen LogP contribution is -2.52. The third-order valence-electron chi connectivity index (χ3n) is 6.21. The number of anilines is 1. The monoisotopic (exact) mass is 441 g/mol. The second-order valence-electron chi connectivity index (χ2n) is 8.40. The second-order valence-corrected chi connectivity index (χ2v) is 8.40. The van der Waals surface area contributed by atoms with Crippen molar-refractivity contribution in [2.45, 2.75) is 19.9 Å². The third-order valence-corrected chi connectivity index (χ3v) is 6.21. The minimum Gasteiger partial charge on any atom is -0.368 e. The number of piperazine rings is 1. The Labute approximate surface area is 193 Å². The number of carbonyl (C=O) groups is 1. The maximum Gasteiger partial charge on any atom is 0.317 e. The van der Waals surface area contributed by atoms with Crippen molar-refractivity contribution in [1.29, 1.82) is 0 Å². The molecule has 5 rings (SSSR count). The quantitative estimate of drug-likeness (QED) is 0.493. The van der Waals surface area contributed by atoms with E-state index in [9.17, 15) is 4.79 Å². The number of hydrogen-bond donors (Lipinski definition) is 1. The van der Waals surface area contributed by atoms with Crippen LogP contribution < -0.4 is 10.2 Å². The van der Waals surface area contributed by atoms with Gasteiger partial charge < -0.3 is 19.6 Å². The van der Waals surface area contributed by atoms with Crippen molar-refractivity contribution in [3.63, 3.8) is 0 Å². The first-order valence-corrected chi connectivity index (χ1v) is 11.3. The van der Waals surface area contributed by atoms with Crippen LogP contribution in [0.15, 0.2) is 71.3 Å². The number of fused-ring (bicyclic) bond motifs is 1. The molecule has 1 fully saturated rings. The van der Waals surface area contributed by atoms with Crippen molar-refractivity contribution in [3.8, 4) is 11.4 Å². The van der Waals surface area contributed by atoms with Gasteiger partial charge in [-0.3, -0.25) is 0 Å². The summed E-state index contributed by atoms with van der Waals surface area (Å²) < 4.78 is 5.06. The molecule has 1 aliphatic rings. The molecule has 1 aliphatic heterocycles. The van der Waals surface area contributed by atoms with E-state index in [4.69, 9.17) is 4.52 Å². The first kappa shape index (κ1) is 21.0. The zero-order valence-corrected chi connectivity index (χ0v) is 18.9. The van der Waals surface area contributed by atoms with Gasteiger partial charge in [0.25, 0.3) is 0 Å². The van der Waals surface area contributed by atoms with Crippen molar-refractivity contribution in [2.75, 3.05) is 31.1 Å². The highest BCUT2D eigenvalue weighted by Crippen LogP contribution is 2.25. The van der Waals surface area contributed by atoms with E-state index in [-0.39, 0.29) is 12.1 Å². The van der Waals surface area contributed by atoms with Crippen LogP contribution >= 0.6 is 0 Å². The van der Waals surface area contributed by atoms with Gasteiger partial charge in [-0.2, -0.15) is 4.98 Å². The molecule has 0 radical (unpaired) electrons. The van der Waals surface area contributed by atoms with Crippen LogP contribution in [0.5, 0.6) is 0 Å². The molecule has 2 amide bonds. The molecular formula is C26H27N5O2. The zero-order chi connectivity index (χ0) is 22.8. The maximum absolute atomic E-state index is 12.9. The first-order valence-electron chi connectivity index (χ1n) is 11.3. The van der Waals surface area contributed by atoms with Crippen LogP contribution in [0.3, 0.4) is 0 Å². The molecule has 0 unspecified atom stereocenters. The third kappa shape index (κ3) is 4.39. The molecule has 1 aromatic heterocycles. The van der Waals surface area contributed by atoms with Crippen LogP contribution in [0.1, 0.15) is 24.4 Å². The minimum atomic E-state index is -0.0667. The Morgan fingerprint density at radius 3 is 2.42 bits per heavy atom. The molecule has 1 saturated heterocycles. The summed E-state index contributed by atoms with van der Waals surface area (Å²) in [6.07, 6.45) is 0. The molecule has 168 valence electrons. The average molecular weight is 442 g/mol. The van der Waals surface area contributed by atoms with Crippen molar-refractivity contribution < 1.29 is 9.32 Å². The topological polar surface area (TPSA) is 74.5 Å². The number of hydrogen-bond acceptors (Lipinski definition) is 5. The SMILES string of the molecule is Cc1nc(-c2ccc(N3CCN(C(=O)N[C@@H](C)c4cccc5ccccc45)CC3)cc2)no1. The molecule has 4 aromatic rings. The highest BCUT2D eigenvalue weighted by Gasteiger charge is 2.23. The molecule has 0 aliphatic carbocycles. The lowest BCUT2D eigenvalue weighted by atomic mass is 10.00. The van der Waals surface area contributed by atoms with E-state index in [0.29, 0.717) is 24.8 Å². The summed E-state index contributed by atoms with van der Waals surface area (Å²) in [5, 5.41) is 9.52. The molecule has 7 nitrogen and oxygen atoms in total.